The molecule has 0 aliphatic heterocycles. The summed E-state index contributed by atoms with van der Waals surface area (Å²) in [6, 6.07) is 4.69. The molecule has 1 aliphatic carbocycles. The van der Waals surface area contributed by atoms with E-state index < -0.39 is 6.04 Å². The van der Waals surface area contributed by atoms with Gasteiger partial charge in [0.2, 0.25) is 5.91 Å². The topological polar surface area (TPSA) is 98.7 Å². The number of nitrogens with one attached hydrogen (secondary N) is 1. The van der Waals surface area contributed by atoms with Crippen molar-refractivity contribution in [1.29, 1.82) is 0 Å². The minimum atomic E-state index is -0.542. The molecule has 1 heterocycles. The maximum absolute atomic E-state index is 12.2. The van der Waals surface area contributed by atoms with Gasteiger partial charge >= 0.3 is 0 Å². The third-order valence-corrected chi connectivity index (χ3v) is 4.26. The van der Waals surface area contributed by atoms with E-state index >= 15 is 0 Å². The Morgan fingerprint density at radius 1 is 1.46 bits per heavy atom. The maximum atomic E-state index is 12.2. The quantitative estimate of drug-likeness (QED) is 0.835. The third kappa shape index (κ3) is 3.73. The lowest BCUT2D eigenvalue weighted by molar-refractivity contribution is -0.117. The van der Waals surface area contributed by atoms with Gasteiger partial charge in [-0.25, -0.2) is 0 Å². The summed E-state index contributed by atoms with van der Waals surface area (Å²) in [5.41, 5.74) is 7.20. The van der Waals surface area contributed by atoms with Crippen molar-refractivity contribution in [3.8, 4) is 5.69 Å². The minimum absolute atomic E-state index is 0.212. The SMILES string of the molecule is CC(C)C[C@H](N)C(=O)Nc1ccc(Cl)c(-n2nnnc2C2CC2)c1. The van der Waals surface area contributed by atoms with Gasteiger partial charge in [-0.1, -0.05) is 25.4 Å². The third-order valence-electron chi connectivity index (χ3n) is 3.94. The van der Waals surface area contributed by atoms with E-state index in [4.69, 9.17) is 17.3 Å². The lowest BCUT2D eigenvalue weighted by Gasteiger charge is -2.15. The molecule has 128 valence electrons. The van der Waals surface area contributed by atoms with Gasteiger partial charge in [-0.3, -0.25) is 4.79 Å². The number of carbonyl (C=O) groups excluding carboxylic acids is 1. The monoisotopic (exact) mass is 348 g/mol. The molecule has 1 aliphatic rings. The summed E-state index contributed by atoms with van der Waals surface area (Å²) in [5.74, 6) is 1.33. The Bertz CT molecular complexity index is 740. The first-order valence-electron chi connectivity index (χ1n) is 8.10. The van der Waals surface area contributed by atoms with E-state index in [0.29, 0.717) is 34.7 Å². The van der Waals surface area contributed by atoms with Crippen LogP contribution in [0.2, 0.25) is 5.02 Å². The van der Waals surface area contributed by atoms with Gasteiger partial charge in [-0.15, -0.1) is 5.10 Å². The molecule has 3 rings (SSSR count). The molecular formula is C16H21ClN6O. The van der Waals surface area contributed by atoms with Gasteiger partial charge in [-0.2, -0.15) is 4.68 Å². The molecule has 7 nitrogen and oxygen atoms in total. The average Bonchev–Trinajstić information content (AvgIpc) is 3.26. The number of carbonyl (C=O) groups is 1. The number of nitrogens with two attached hydrogens (primary N) is 1. The molecule has 3 N–H and O–H groups in total. The number of amides is 1. The summed E-state index contributed by atoms with van der Waals surface area (Å²) in [7, 11) is 0. The van der Waals surface area contributed by atoms with E-state index in [2.05, 4.69) is 20.8 Å². The van der Waals surface area contributed by atoms with Crippen LogP contribution in [0.15, 0.2) is 18.2 Å². The first-order valence-corrected chi connectivity index (χ1v) is 8.48. The zero-order valence-electron chi connectivity index (χ0n) is 13.7. The number of nitrogens with zero attached hydrogens (tertiary/aromatic N) is 4. The van der Waals surface area contributed by atoms with Gasteiger partial charge in [0.05, 0.1) is 16.8 Å². The van der Waals surface area contributed by atoms with E-state index in [1.165, 1.54) is 0 Å². The first kappa shape index (κ1) is 16.9. The molecule has 1 saturated carbocycles. The number of anilines is 1. The lowest BCUT2D eigenvalue weighted by atomic mass is 10.0. The lowest BCUT2D eigenvalue weighted by Crippen LogP contribution is -2.36. The molecule has 1 fully saturated rings. The summed E-state index contributed by atoms with van der Waals surface area (Å²) in [6.07, 6.45) is 2.79. The highest BCUT2D eigenvalue weighted by atomic mass is 35.5. The highest BCUT2D eigenvalue weighted by Crippen LogP contribution is 2.39. The number of halogens is 1. The van der Waals surface area contributed by atoms with Gasteiger partial charge in [0.1, 0.15) is 0 Å². The summed E-state index contributed by atoms with van der Waals surface area (Å²) in [5, 5.41) is 15.2. The molecule has 1 amide bonds. The zero-order valence-corrected chi connectivity index (χ0v) is 14.5. The van der Waals surface area contributed by atoms with Crippen molar-refractivity contribution < 1.29 is 4.79 Å². The molecule has 0 bridgehead atoms. The van der Waals surface area contributed by atoms with Crippen molar-refractivity contribution in [3.63, 3.8) is 0 Å². The Labute approximate surface area is 145 Å². The van der Waals surface area contributed by atoms with Crippen LogP contribution in [0.3, 0.4) is 0 Å². The molecule has 0 unspecified atom stereocenters. The highest BCUT2D eigenvalue weighted by Gasteiger charge is 2.30. The standard InChI is InChI=1S/C16H21ClN6O/c1-9(2)7-13(18)16(24)19-11-5-6-12(17)14(8-11)23-15(10-3-4-10)20-21-22-23/h5-6,8-10,13H,3-4,7,18H2,1-2H3,(H,19,24)/t13-/m0/s1. The molecule has 24 heavy (non-hydrogen) atoms. The number of hydrogen-bond donors (Lipinski definition) is 2. The average molecular weight is 349 g/mol. The van der Waals surface area contributed by atoms with Crippen molar-refractivity contribution in [2.45, 2.75) is 45.1 Å². The van der Waals surface area contributed by atoms with E-state index in [-0.39, 0.29) is 5.91 Å². The zero-order chi connectivity index (χ0) is 17.3. The molecule has 0 radical (unpaired) electrons. The van der Waals surface area contributed by atoms with Crippen molar-refractivity contribution in [2.24, 2.45) is 11.7 Å². The summed E-state index contributed by atoms with van der Waals surface area (Å²) in [6.45, 7) is 4.06. The van der Waals surface area contributed by atoms with Crippen LogP contribution in [-0.4, -0.2) is 32.2 Å². The van der Waals surface area contributed by atoms with E-state index in [9.17, 15) is 4.79 Å². The minimum Gasteiger partial charge on any atom is -0.325 e. The van der Waals surface area contributed by atoms with Gasteiger partial charge in [0.15, 0.2) is 5.82 Å². The fourth-order valence-electron chi connectivity index (χ4n) is 2.56. The van der Waals surface area contributed by atoms with Crippen LogP contribution in [0.4, 0.5) is 5.69 Å². The van der Waals surface area contributed by atoms with E-state index in [0.717, 1.165) is 18.7 Å². The smallest absolute Gasteiger partial charge is 0.241 e. The Balaban J connectivity index is 1.81. The van der Waals surface area contributed by atoms with Crippen molar-refractivity contribution in [3.05, 3.63) is 29.0 Å². The Morgan fingerprint density at radius 2 is 2.21 bits per heavy atom. The van der Waals surface area contributed by atoms with Crippen LogP contribution in [-0.2, 0) is 4.79 Å². The predicted molar refractivity (Wildman–Crippen MR) is 92.2 cm³/mol. The van der Waals surface area contributed by atoms with Gasteiger partial charge in [0.25, 0.3) is 0 Å². The number of rotatable bonds is 6. The number of aromatic nitrogens is 4. The Hall–Kier alpha value is -1.99. The van der Waals surface area contributed by atoms with Crippen LogP contribution in [0.25, 0.3) is 5.69 Å². The molecule has 1 atom stereocenters. The molecule has 8 heteroatoms. The highest BCUT2D eigenvalue weighted by molar-refractivity contribution is 6.32. The van der Waals surface area contributed by atoms with Crippen LogP contribution >= 0.6 is 11.6 Å². The van der Waals surface area contributed by atoms with Crippen LogP contribution in [0.1, 0.15) is 44.9 Å². The normalized spacial score (nSPS) is 15.5. The van der Waals surface area contributed by atoms with Gasteiger partial charge in [0, 0.05) is 11.6 Å². The first-order chi connectivity index (χ1) is 11.5. The molecule has 2 aromatic rings. The van der Waals surface area contributed by atoms with Crippen molar-refractivity contribution in [1.82, 2.24) is 20.2 Å². The molecule has 1 aromatic carbocycles. The van der Waals surface area contributed by atoms with Crippen molar-refractivity contribution >= 4 is 23.2 Å². The summed E-state index contributed by atoms with van der Waals surface area (Å²) >= 11 is 6.30. The molecular weight excluding hydrogens is 328 g/mol. The fourth-order valence-corrected chi connectivity index (χ4v) is 2.76. The molecule has 0 saturated heterocycles. The second-order valence-electron chi connectivity index (χ2n) is 6.61. The summed E-state index contributed by atoms with van der Waals surface area (Å²) in [4.78, 5) is 12.2. The Kier molecular flexibility index (Phi) is 4.82. The van der Waals surface area contributed by atoms with Crippen LogP contribution < -0.4 is 11.1 Å². The second-order valence-corrected chi connectivity index (χ2v) is 7.02. The Morgan fingerprint density at radius 3 is 2.88 bits per heavy atom. The van der Waals surface area contributed by atoms with E-state index in [1.807, 2.05) is 13.8 Å². The predicted octanol–water partition coefficient (Wildman–Crippen LogP) is 2.51. The van der Waals surface area contributed by atoms with Gasteiger partial charge in [-0.05, 0) is 53.8 Å². The number of tetrazole rings is 1. The largest absolute Gasteiger partial charge is 0.325 e. The fraction of sp³-hybridized carbons (Fsp3) is 0.500. The van der Waals surface area contributed by atoms with Crippen LogP contribution in [0, 0.1) is 5.92 Å². The van der Waals surface area contributed by atoms with E-state index in [1.54, 1.807) is 22.9 Å². The summed E-state index contributed by atoms with van der Waals surface area (Å²) < 4.78 is 1.64. The molecule has 0 spiro atoms. The maximum Gasteiger partial charge on any atom is 0.241 e. The number of benzene rings is 1. The molecule has 1 aromatic heterocycles. The number of hydrogen-bond acceptors (Lipinski definition) is 5. The second kappa shape index (κ2) is 6.86. The van der Waals surface area contributed by atoms with Crippen molar-refractivity contribution in [2.75, 3.05) is 5.32 Å². The van der Waals surface area contributed by atoms with Crippen LogP contribution in [0.5, 0.6) is 0 Å². The van der Waals surface area contributed by atoms with Gasteiger partial charge < -0.3 is 11.1 Å².